The zero-order chi connectivity index (χ0) is 13.3. The first-order valence-electron chi connectivity index (χ1n) is 6.39. The van der Waals surface area contributed by atoms with Crippen LogP contribution in [0.15, 0.2) is 0 Å². The normalized spacial score (nSPS) is 27.6. The molecule has 0 aliphatic carbocycles. The number of primary amides is 1. The maximum atomic E-state index is 12.4. The van der Waals surface area contributed by atoms with Gasteiger partial charge >= 0.3 is 0 Å². The van der Waals surface area contributed by atoms with Gasteiger partial charge in [-0.3, -0.25) is 14.4 Å². The average Bonchev–Trinajstić information content (AvgIpc) is 2.97. The summed E-state index contributed by atoms with van der Waals surface area (Å²) < 4.78 is 0. The van der Waals surface area contributed by atoms with Crippen molar-refractivity contribution in [3.8, 4) is 0 Å². The Morgan fingerprint density at radius 1 is 1.00 bits per heavy atom. The summed E-state index contributed by atoms with van der Waals surface area (Å²) in [6.07, 6.45) is 2.95. The Balaban J connectivity index is 2.11. The lowest BCUT2D eigenvalue weighted by Crippen LogP contribution is -2.51. The first kappa shape index (κ1) is 12.9. The summed E-state index contributed by atoms with van der Waals surface area (Å²) in [5.41, 5.74) is 5.31. The standard InChI is InChI=1S/C12H19N3O3/c1-8(16)14-6-3-5-10(14)12(18)15-7-2-4-9(15)11(13)17/h9-10H,2-7H2,1H3,(H2,13,17)/t9-,10-/m0/s1. The number of hydrogen-bond acceptors (Lipinski definition) is 3. The quantitative estimate of drug-likeness (QED) is 0.718. The van der Waals surface area contributed by atoms with Crippen LogP contribution in [0.4, 0.5) is 0 Å². The van der Waals surface area contributed by atoms with Gasteiger partial charge in [0.15, 0.2) is 0 Å². The molecule has 0 saturated carbocycles. The summed E-state index contributed by atoms with van der Waals surface area (Å²) in [5, 5.41) is 0. The molecular weight excluding hydrogens is 234 g/mol. The van der Waals surface area contributed by atoms with Gasteiger partial charge in [0.1, 0.15) is 12.1 Å². The predicted molar refractivity (Wildman–Crippen MR) is 64.3 cm³/mol. The summed E-state index contributed by atoms with van der Waals surface area (Å²) in [7, 11) is 0. The molecule has 2 rings (SSSR count). The highest BCUT2D eigenvalue weighted by Crippen LogP contribution is 2.24. The van der Waals surface area contributed by atoms with E-state index in [1.807, 2.05) is 0 Å². The van der Waals surface area contributed by atoms with Gasteiger partial charge < -0.3 is 15.5 Å². The minimum Gasteiger partial charge on any atom is -0.368 e. The number of hydrogen-bond donors (Lipinski definition) is 1. The summed E-state index contributed by atoms with van der Waals surface area (Å²) >= 11 is 0. The third-order valence-corrected chi connectivity index (χ3v) is 3.81. The Kier molecular flexibility index (Phi) is 3.54. The van der Waals surface area contributed by atoms with Crippen molar-refractivity contribution in [3.05, 3.63) is 0 Å². The monoisotopic (exact) mass is 253 g/mol. The van der Waals surface area contributed by atoms with Crippen molar-refractivity contribution in [2.45, 2.75) is 44.7 Å². The fourth-order valence-electron chi connectivity index (χ4n) is 2.92. The number of nitrogens with zero attached hydrogens (tertiary/aromatic N) is 2. The van der Waals surface area contributed by atoms with Gasteiger partial charge in [-0.05, 0) is 25.7 Å². The van der Waals surface area contributed by atoms with Gasteiger partial charge in [0.05, 0.1) is 0 Å². The molecule has 2 fully saturated rings. The second-order valence-electron chi connectivity index (χ2n) is 4.96. The summed E-state index contributed by atoms with van der Waals surface area (Å²) in [5.74, 6) is -0.655. The van der Waals surface area contributed by atoms with Crippen LogP contribution in [-0.4, -0.2) is 52.7 Å². The highest BCUT2D eigenvalue weighted by Gasteiger charge is 2.40. The molecule has 0 bridgehead atoms. The molecule has 2 atom stereocenters. The smallest absolute Gasteiger partial charge is 0.246 e. The number of carbonyl (C=O) groups excluding carboxylic acids is 3. The van der Waals surface area contributed by atoms with Crippen LogP contribution in [0.25, 0.3) is 0 Å². The number of likely N-dealkylation sites (tertiary alicyclic amines) is 2. The number of carbonyl (C=O) groups is 3. The van der Waals surface area contributed by atoms with E-state index in [4.69, 9.17) is 5.73 Å². The molecule has 6 heteroatoms. The van der Waals surface area contributed by atoms with E-state index in [0.717, 1.165) is 12.8 Å². The molecule has 6 nitrogen and oxygen atoms in total. The van der Waals surface area contributed by atoms with Gasteiger partial charge in [-0.1, -0.05) is 0 Å². The van der Waals surface area contributed by atoms with E-state index in [1.165, 1.54) is 6.92 Å². The molecule has 2 aliphatic rings. The highest BCUT2D eigenvalue weighted by atomic mass is 16.2. The van der Waals surface area contributed by atoms with Gasteiger partial charge in [0.2, 0.25) is 17.7 Å². The second-order valence-corrected chi connectivity index (χ2v) is 4.96. The van der Waals surface area contributed by atoms with Crippen LogP contribution < -0.4 is 5.73 Å². The highest BCUT2D eigenvalue weighted by molar-refractivity contribution is 5.92. The minimum absolute atomic E-state index is 0.0827. The van der Waals surface area contributed by atoms with Crippen LogP contribution >= 0.6 is 0 Å². The molecule has 3 amide bonds. The van der Waals surface area contributed by atoms with E-state index >= 15 is 0 Å². The SMILES string of the molecule is CC(=O)N1CCC[C@H]1C(=O)N1CCC[C@H]1C(N)=O. The fourth-order valence-corrected chi connectivity index (χ4v) is 2.92. The van der Waals surface area contributed by atoms with Crippen LogP contribution in [0.5, 0.6) is 0 Å². The maximum absolute atomic E-state index is 12.4. The molecule has 100 valence electrons. The zero-order valence-electron chi connectivity index (χ0n) is 10.6. The Hall–Kier alpha value is -1.59. The molecule has 2 saturated heterocycles. The largest absolute Gasteiger partial charge is 0.368 e. The van der Waals surface area contributed by atoms with Crippen molar-refractivity contribution in [1.82, 2.24) is 9.80 Å². The molecule has 0 aromatic carbocycles. The topological polar surface area (TPSA) is 83.7 Å². The molecule has 0 unspecified atom stereocenters. The summed E-state index contributed by atoms with van der Waals surface area (Å²) in [6.45, 7) is 2.66. The van der Waals surface area contributed by atoms with E-state index in [9.17, 15) is 14.4 Å². The van der Waals surface area contributed by atoms with Crippen LogP contribution in [-0.2, 0) is 14.4 Å². The Bertz CT molecular complexity index is 349. The van der Waals surface area contributed by atoms with Crippen LogP contribution in [0, 0.1) is 0 Å². The molecule has 0 spiro atoms. The number of nitrogens with two attached hydrogens (primary N) is 1. The van der Waals surface area contributed by atoms with Crippen LogP contribution in [0.1, 0.15) is 32.6 Å². The molecule has 2 heterocycles. The molecule has 0 radical (unpaired) electrons. The number of amides is 3. The Morgan fingerprint density at radius 2 is 1.56 bits per heavy atom. The zero-order valence-corrected chi connectivity index (χ0v) is 10.6. The van der Waals surface area contributed by atoms with E-state index in [0.29, 0.717) is 25.9 Å². The van der Waals surface area contributed by atoms with Crippen molar-refractivity contribution in [1.29, 1.82) is 0 Å². The van der Waals surface area contributed by atoms with E-state index in [1.54, 1.807) is 9.80 Å². The molecule has 0 aromatic heterocycles. The molecule has 18 heavy (non-hydrogen) atoms. The Labute approximate surface area is 106 Å². The lowest BCUT2D eigenvalue weighted by molar-refractivity contribution is -0.145. The van der Waals surface area contributed by atoms with Crippen molar-refractivity contribution in [2.24, 2.45) is 5.73 Å². The van der Waals surface area contributed by atoms with Gasteiger partial charge in [-0.2, -0.15) is 0 Å². The fraction of sp³-hybridized carbons (Fsp3) is 0.750. The van der Waals surface area contributed by atoms with Crippen molar-refractivity contribution >= 4 is 17.7 Å². The van der Waals surface area contributed by atoms with Crippen molar-refractivity contribution in [2.75, 3.05) is 13.1 Å². The molecule has 0 aromatic rings. The summed E-state index contributed by atoms with van der Waals surface area (Å²) in [6, 6.07) is -0.894. The van der Waals surface area contributed by atoms with Crippen LogP contribution in [0.2, 0.25) is 0 Å². The molecular formula is C12H19N3O3. The van der Waals surface area contributed by atoms with E-state index < -0.39 is 18.0 Å². The third kappa shape index (κ3) is 2.19. The second kappa shape index (κ2) is 4.96. The van der Waals surface area contributed by atoms with E-state index in [2.05, 4.69) is 0 Å². The lowest BCUT2D eigenvalue weighted by atomic mass is 10.1. The maximum Gasteiger partial charge on any atom is 0.246 e. The van der Waals surface area contributed by atoms with Crippen molar-refractivity contribution in [3.63, 3.8) is 0 Å². The third-order valence-electron chi connectivity index (χ3n) is 3.81. The van der Waals surface area contributed by atoms with Gasteiger partial charge in [0, 0.05) is 20.0 Å². The predicted octanol–water partition coefficient (Wildman–Crippen LogP) is -0.526. The van der Waals surface area contributed by atoms with Crippen LogP contribution in [0.3, 0.4) is 0 Å². The molecule has 2 N–H and O–H groups in total. The van der Waals surface area contributed by atoms with Gasteiger partial charge in [-0.25, -0.2) is 0 Å². The summed E-state index contributed by atoms with van der Waals surface area (Å²) in [4.78, 5) is 38.3. The first-order chi connectivity index (χ1) is 8.52. The average molecular weight is 253 g/mol. The van der Waals surface area contributed by atoms with Gasteiger partial charge in [-0.15, -0.1) is 0 Å². The van der Waals surface area contributed by atoms with Crippen molar-refractivity contribution < 1.29 is 14.4 Å². The van der Waals surface area contributed by atoms with E-state index in [-0.39, 0.29) is 11.8 Å². The molecule has 2 aliphatic heterocycles. The Morgan fingerprint density at radius 3 is 2.11 bits per heavy atom. The first-order valence-corrected chi connectivity index (χ1v) is 6.39. The number of rotatable bonds is 2. The minimum atomic E-state index is -0.494. The van der Waals surface area contributed by atoms with Gasteiger partial charge in [0.25, 0.3) is 0 Å². The lowest BCUT2D eigenvalue weighted by Gasteiger charge is -2.29.